The summed E-state index contributed by atoms with van der Waals surface area (Å²) in [6.07, 6.45) is 0.999. The molecule has 0 aromatic heterocycles. The van der Waals surface area contributed by atoms with E-state index in [0.29, 0.717) is 30.5 Å². The van der Waals surface area contributed by atoms with Crippen molar-refractivity contribution in [2.24, 2.45) is 17.4 Å². The van der Waals surface area contributed by atoms with Gasteiger partial charge in [0.25, 0.3) is 0 Å². The summed E-state index contributed by atoms with van der Waals surface area (Å²) in [5, 5.41) is 8.71. The zero-order chi connectivity index (χ0) is 12.0. The zero-order valence-electron chi connectivity index (χ0n) is 9.69. The fourth-order valence-electron chi connectivity index (χ4n) is 1.81. The smallest absolute Gasteiger partial charge is 0.0991 e. The van der Waals surface area contributed by atoms with Crippen LogP contribution < -0.4 is 11.5 Å². The Labute approximate surface area is 97.1 Å². The Morgan fingerprint density at radius 3 is 2.19 bits per heavy atom. The molecule has 0 aliphatic rings. The molecule has 0 amide bonds. The minimum Gasteiger partial charge on any atom is -0.330 e. The van der Waals surface area contributed by atoms with Gasteiger partial charge in [0.05, 0.1) is 11.6 Å². The molecule has 0 radical (unpaired) electrons. The van der Waals surface area contributed by atoms with Crippen LogP contribution in [0.15, 0.2) is 24.3 Å². The van der Waals surface area contributed by atoms with Crippen LogP contribution in [0.3, 0.4) is 0 Å². The maximum Gasteiger partial charge on any atom is 0.0991 e. The van der Waals surface area contributed by atoms with Crippen LogP contribution >= 0.6 is 0 Å². The Morgan fingerprint density at radius 1 is 1.19 bits per heavy atom. The summed E-state index contributed by atoms with van der Waals surface area (Å²) in [6, 6.07) is 9.84. The summed E-state index contributed by atoms with van der Waals surface area (Å²) in [7, 11) is 0. The minimum absolute atomic E-state index is 0.380. The molecule has 0 saturated carbocycles. The lowest BCUT2D eigenvalue weighted by Crippen LogP contribution is -2.24. The van der Waals surface area contributed by atoms with Gasteiger partial charge in [-0.15, -0.1) is 0 Å². The Balaban J connectivity index is 2.65. The zero-order valence-corrected chi connectivity index (χ0v) is 9.69. The Hall–Kier alpha value is -1.37. The summed E-state index contributed by atoms with van der Waals surface area (Å²) in [4.78, 5) is 0. The molecule has 0 heterocycles. The molecule has 4 N–H and O–H groups in total. The van der Waals surface area contributed by atoms with Crippen molar-refractivity contribution in [3.05, 3.63) is 35.4 Å². The molecule has 1 aromatic carbocycles. The maximum atomic E-state index is 8.71. The molecular formula is C13H19N3. The van der Waals surface area contributed by atoms with Crippen molar-refractivity contribution in [3.63, 3.8) is 0 Å². The fraction of sp³-hybridized carbons (Fsp3) is 0.462. The normalized spacial score (nSPS) is 12.4. The number of rotatable bonds is 5. The van der Waals surface area contributed by atoms with Gasteiger partial charge in [-0.1, -0.05) is 19.1 Å². The van der Waals surface area contributed by atoms with Crippen LogP contribution in [-0.2, 0) is 0 Å². The van der Waals surface area contributed by atoms with E-state index in [1.807, 2.05) is 24.3 Å². The second kappa shape index (κ2) is 6.26. The van der Waals surface area contributed by atoms with Gasteiger partial charge in [0, 0.05) is 0 Å². The van der Waals surface area contributed by atoms with Crippen molar-refractivity contribution in [2.75, 3.05) is 13.1 Å². The summed E-state index contributed by atoms with van der Waals surface area (Å²) in [6.45, 7) is 3.44. The first-order chi connectivity index (χ1) is 7.71. The summed E-state index contributed by atoms with van der Waals surface area (Å²) < 4.78 is 0. The van der Waals surface area contributed by atoms with Gasteiger partial charge in [-0.05, 0) is 49.0 Å². The lowest BCUT2D eigenvalue weighted by Gasteiger charge is -2.18. The number of nitrogens with two attached hydrogens (primary N) is 2. The first-order valence-electron chi connectivity index (χ1n) is 5.61. The number of nitriles is 1. The van der Waals surface area contributed by atoms with E-state index in [2.05, 4.69) is 13.0 Å². The highest BCUT2D eigenvalue weighted by atomic mass is 14.6. The van der Waals surface area contributed by atoms with Gasteiger partial charge in [0.15, 0.2) is 0 Å². The molecule has 0 aliphatic carbocycles. The van der Waals surface area contributed by atoms with Crippen LogP contribution in [0.5, 0.6) is 0 Å². The topological polar surface area (TPSA) is 75.8 Å². The van der Waals surface area contributed by atoms with Crippen LogP contribution in [0.2, 0.25) is 0 Å². The molecule has 16 heavy (non-hydrogen) atoms. The second-order valence-electron chi connectivity index (χ2n) is 4.21. The monoisotopic (exact) mass is 217 g/mol. The van der Waals surface area contributed by atoms with E-state index in [-0.39, 0.29) is 0 Å². The van der Waals surface area contributed by atoms with E-state index >= 15 is 0 Å². The predicted octanol–water partition coefficient (Wildman–Crippen LogP) is 1.59. The van der Waals surface area contributed by atoms with Crippen LogP contribution in [-0.4, -0.2) is 13.1 Å². The second-order valence-corrected chi connectivity index (χ2v) is 4.21. The van der Waals surface area contributed by atoms with Crippen molar-refractivity contribution in [1.82, 2.24) is 0 Å². The average molecular weight is 217 g/mol. The third-order valence-electron chi connectivity index (χ3n) is 2.96. The van der Waals surface area contributed by atoms with E-state index in [1.165, 1.54) is 5.56 Å². The highest BCUT2D eigenvalue weighted by Gasteiger charge is 2.11. The lowest BCUT2D eigenvalue weighted by molar-refractivity contribution is 0.465. The standard InChI is InChI=1S/C13H19N3/c1-10(6-12(8-15)9-16)13-4-2-11(7-14)3-5-13/h2-5,10,12H,6,8-9,15-16H2,1H3. The van der Waals surface area contributed by atoms with Gasteiger partial charge >= 0.3 is 0 Å². The highest BCUT2D eigenvalue weighted by molar-refractivity contribution is 5.32. The molecule has 3 heteroatoms. The van der Waals surface area contributed by atoms with Crippen molar-refractivity contribution in [1.29, 1.82) is 5.26 Å². The minimum atomic E-state index is 0.380. The Kier molecular flexibility index (Phi) is 4.97. The highest BCUT2D eigenvalue weighted by Crippen LogP contribution is 2.22. The number of nitrogens with zero attached hydrogens (tertiary/aromatic N) is 1. The van der Waals surface area contributed by atoms with Crippen molar-refractivity contribution in [3.8, 4) is 6.07 Å². The average Bonchev–Trinajstić information content (AvgIpc) is 2.35. The van der Waals surface area contributed by atoms with E-state index in [9.17, 15) is 0 Å². The molecule has 0 saturated heterocycles. The molecule has 0 aliphatic heterocycles. The van der Waals surface area contributed by atoms with Gasteiger partial charge in [-0.25, -0.2) is 0 Å². The van der Waals surface area contributed by atoms with E-state index in [1.54, 1.807) is 0 Å². The summed E-state index contributed by atoms with van der Waals surface area (Å²) in [5.74, 6) is 0.815. The third-order valence-corrected chi connectivity index (χ3v) is 2.96. The van der Waals surface area contributed by atoms with Crippen molar-refractivity contribution >= 4 is 0 Å². The van der Waals surface area contributed by atoms with E-state index < -0.39 is 0 Å². The van der Waals surface area contributed by atoms with Gasteiger partial charge in [-0.2, -0.15) is 5.26 Å². The van der Waals surface area contributed by atoms with Crippen LogP contribution in [0.4, 0.5) is 0 Å². The van der Waals surface area contributed by atoms with Gasteiger partial charge < -0.3 is 11.5 Å². The lowest BCUT2D eigenvalue weighted by atomic mass is 9.90. The molecular weight excluding hydrogens is 198 g/mol. The SMILES string of the molecule is CC(CC(CN)CN)c1ccc(C#N)cc1. The molecule has 1 rings (SSSR count). The summed E-state index contributed by atoms with van der Waals surface area (Å²) >= 11 is 0. The van der Waals surface area contributed by atoms with Crippen LogP contribution in [0, 0.1) is 17.2 Å². The summed E-state index contributed by atoms with van der Waals surface area (Å²) in [5.41, 5.74) is 13.2. The van der Waals surface area contributed by atoms with Gasteiger partial charge in [0.2, 0.25) is 0 Å². The van der Waals surface area contributed by atoms with Crippen molar-refractivity contribution in [2.45, 2.75) is 19.3 Å². The first kappa shape index (κ1) is 12.7. The van der Waals surface area contributed by atoms with Gasteiger partial charge in [0.1, 0.15) is 0 Å². The fourth-order valence-corrected chi connectivity index (χ4v) is 1.81. The number of hydrogen-bond acceptors (Lipinski definition) is 3. The molecule has 0 fully saturated rings. The Morgan fingerprint density at radius 2 is 1.75 bits per heavy atom. The first-order valence-corrected chi connectivity index (χ1v) is 5.61. The largest absolute Gasteiger partial charge is 0.330 e. The van der Waals surface area contributed by atoms with E-state index in [4.69, 9.17) is 16.7 Å². The quantitative estimate of drug-likeness (QED) is 0.786. The van der Waals surface area contributed by atoms with Crippen LogP contribution in [0.25, 0.3) is 0 Å². The third kappa shape index (κ3) is 3.34. The number of benzene rings is 1. The maximum absolute atomic E-state index is 8.71. The van der Waals surface area contributed by atoms with Crippen molar-refractivity contribution < 1.29 is 0 Å². The molecule has 0 bridgehead atoms. The Bertz CT molecular complexity index is 346. The molecule has 3 nitrogen and oxygen atoms in total. The van der Waals surface area contributed by atoms with E-state index in [0.717, 1.165) is 6.42 Å². The molecule has 1 atom stereocenters. The molecule has 1 unspecified atom stereocenters. The molecule has 86 valence electrons. The molecule has 0 spiro atoms. The molecule has 1 aromatic rings. The predicted molar refractivity (Wildman–Crippen MR) is 65.8 cm³/mol. The number of hydrogen-bond donors (Lipinski definition) is 2. The van der Waals surface area contributed by atoms with Crippen LogP contribution in [0.1, 0.15) is 30.4 Å². The van der Waals surface area contributed by atoms with Gasteiger partial charge in [-0.3, -0.25) is 0 Å².